The summed E-state index contributed by atoms with van der Waals surface area (Å²) in [5.41, 5.74) is 2.89. The molecule has 0 saturated carbocycles. The van der Waals surface area contributed by atoms with Gasteiger partial charge in [0.25, 0.3) is 5.56 Å². The number of aryl methyl sites for hydroxylation is 2. The van der Waals surface area contributed by atoms with Gasteiger partial charge in [0, 0.05) is 69.7 Å². The molecule has 3 aromatic heterocycles. The van der Waals surface area contributed by atoms with Crippen molar-refractivity contribution in [3.05, 3.63) is 82.0 Å². The van der Waals surface area contributed by atoms with E-state index in [1.165, 1.54) is 28.0 Å². The van der Waals surface area contributed by atoms with E-state index in [0.717, 1.165) is 66.0 Å². The fourth-order valence-electron chi connectivity index (χ4n) is 8.48. The molecule has 1 unspecified atom stereocenters. The molecule has 2 N–H and O–H groups in total. The van der Waals surface area contributed by atoms with Crippen LogP contribution in [-0.4, -0.2) is 99.2 Å². The zero-order chi connectivity index (χ0) is 40.0. The summed E-state index contributed by atoms with van der Waals surface area (Å²) in [6.45, 7) is 6.18. The van der Waals surface area contributed by atoms with Gasteiger partial charge in [-0.1, -0.05) is 25.1 Å². The molecule has 3 amide bonds. The number of aromatic nitrogens is 5. The lowest BCUT2D eigenvalue weighted by Crippen LogP contribution is -2.49. The zero-order valence-electron chi connectivity index (χ0n) is 32.3. The lowest BCUT2D eigenvalue weighted by atomic mass is 9.88. The molecule has 3 aliphatic rings. The Balaban J connectivity index is 0.807. The SMILES string of the molecule is CC(Cc1ccc(S(=O)(=O)N2CCC(Nc3ncc4cc(F)c(=O)n(C)c4n3)CC2)cc1)CN1CCC(c2ccc3c(N4CCC(=O)NC4=O)nn(C)c3c2)CC1. The first-order valence-electron chi connectivity index (χ1n) is 19.5. The Hall–Kier alpha value is -5.26. The van der Waals surface area contributed by atoms with Gasteiger partial charge >= 0.3 is 6.03 Å². The minimum Gasteiger partial charge on any atom is -0.351 e. The maximum atomic E-state index is 13.8. The lowest BCUT2D eigenvalue weighted by molar-refractivity contribution is -0.120. The molecule has 2 aromatic carbocycles. The number of anilines is 2. The number of urea groups is 1. The van der Waals surface area contributed by atoms with Crippen molar-refractivity contribution < 1.29 is 22.4 Å². The highest BCUT2D eigenvalue weighted by atomic mass is 32.2. The Bertz CT molecular complexity index is 2510. The van der Waals surface area contributed by atoms with Gasteiger partial charge in [0.1, 0.15) is 5.65 Å². The van der Waals surface area contributed by atoms with E-state index in [1.54, 1.807) is 12.1 Å². The number of fused-ring (bicyclic) bond motifs is 2. The van der Waals surface area contributed by atoms with Crippen molar-refractivity contribution in [2.75, 3.05) is 49.5 Å². The summed E-state index contributed by atoms with van der Waals surface area (Å²) in [6, 6.07) is 14.3. The fraction of sp³-hybridized carbons (Fsp3) is 0.450. The predicted molar refractivity (Wildman–Crippen MR) is 214 cm³/mol. The van der Waals surface area contributed by atoms with Crippen molar-refractivity contribution in [3.63, 3.8) is 0 Å². The number of benzene rings is 2. The van der Waals surface area contributed by atoms with E-state index in [0.29, 0.717) is 67.1 Å². The first kappa shape index (κ1) is 38.6. The largest absolute Gasteiger partial charge is 0.351 e. The standard InChI is InChI=1S/C40H47FN10O5S/c1-25(24-49-15-10-27(11-16-49)28-6-9-32-34(22-28)48(3)46-37(32)51-19-14-35(52)44-40(51)54)20-26-4-7-31(8-5-26)57(55,56)50-17-12-30(13-18-50)43-39-42-23-29-21-33(41)38(53)47(2)36(29)45-39/h4-9,21-23,25,27,30H,10-20,24H2,1-3H3,(H,42,43,45)(H,44,52,54). The summed E-state index contributed by atoms with van der Waals surface area (Å²) in [5, 5.41) is 11.6. The van der Waals surface area contributed by atoms with Crippen LogP contribution in [0.5, 0.6) is 0 Å². The molecule has 15 nitrogen and oxygen atoms in total. The summed E-state index contributed by atoms with van der Waals surface area (Å²) < 4.78 is 45.5. The summed E-state index contributed by atoms with van der Waals surface area (Å²) in [5.74, 6) is 0.565. The molecule has 3 aliphatic heterocycles. The van der Waals surface area contributed by atoms with Gasteiger partial charge in [-0.05, 0) is 98.5 Å². The molecule has 3 fully saturated rings. The van der Waals surface area contributed by atoms with Crippen molar-refractivity contribution in [3.8, 4) is 0 Å². The number of carbonyl (C=O) groups excluding carboxylic acids is 2. The van der Waals surface area contributed by atoms with Crippen molar-refractivity contribution in [1.82, 2.24) is 38.8 Å². The first-order chi connectivity index (χ1) is 27.3. The Morgan fingerprint density at radius 3 is 2.40 bits per heavy atom. The van der Waals surface area contributed by atoms with Gasteiger partial charge in [-0.15, -0.1) is 0 Å². The molecular weight excluding hydrogens is 752 g/mol. The van der Waals surface area contributed by atoms with Gasteiger partial charge in [0.05, 0.1) is 10.4 Å². The van der Waals surface area contributed by atoms with Crippen LogP contribution < -0.4 is 21.1 Å². The summed E-state index contributed by atoms with van der Waals surface area (Å²) in [4.78, 5) is 49.2. The van der Waals surface area contributed by atoms with E-state index < -0.39 is 27.4 Å². The maximum absolute atomic E-state index is 13.8. The van der Waals surface area contributed by atoms with Gasteiger partial charge in [0.15, 0.2) is 11.6 Å². The maximum Gasteiger partial charge on any atom is 0.329 e. The number of nitrogens with zero attached hydrogens (tertiary/aromatic N) is 8. The number of amides is 3. The van der Waals surface area contributed by atoms with E-state index in [2.05, 4.69) is 49.7 Å². The Morgan fingerprint density at radius 2 is 1.68 bits per heavy atom. The van der Waals surface area contributed by atoms with E-state index >= 15 is 0 Å². The van der Waals surface area contributed by atoms with Gasteiger partial charge < -0.3 is 10.2 Å². The van der Waals surface area contributed by atoms with Crippen molar-refractivity contribution in [2.24, 2.45) is 20.0 Å². The third-order valence-electron chi connectivity index (χ3n) is 11.6. The van der Waals surface area contributed by atoms with Crippen LogP contribution in [0.15, 0.2) is 64.4 Å². The molecule has 0 spiro atoms. The quantitative estimate of drug-likeness (QED) is 0.210. The van der Waals surface area contributed by atoms with E-state index in [4.69, 9.17) is 0 Å². The van der Waals surface area contributed by atoms with Crippen LogP contribution in [0.25, 0.3) is 21.9 Å². The molecule has 17 heteroatoms. The van der Waals surface area contributed by atoms with Crippen LogP contribution in [0.2, 0.25) is 0 Å². The van der Waals surface area contributed by atoms with Gasteiger partial charge in [-0.3, -0.25) is 29.1 Å². The second-order valence-corrected chi connectivity index (χ2v) is 17.6. The van der Waals surface area contributed by atoms with E-state index in [9.17, 15) is 27.2 Å². The number of nitrogens with one attached hydrogen (secondary N) is 2. The Kier molecular flexibility index (Phi) is 10.6. The second-order valence-electron chi connectivity index (χ2n) is 15.7. The van der Waals surface area contributed by atoms with Gasteiger partial charge in [-0.2, -0.15) is 14.4 Å². The van der Waals surface area contributed by atoms with E-state index in [-0.39, 0.29) is 23.3 Å². The molecule has 6 heterocycles. The van der Waals surface area contributed by atoms with Gasteiger partial charge in [0.2, 0.25) is 21.9 Å². The number of rotatable bonds is 10. The molecule has 0 bridgehead atoms. The normalized spacial score (nSPS) is 18.7. The highest BCUT2D eigenvalue weighted by Gasteiger charge is 2.31. The molecule has 0 radical (unpaired) electrons. The first-order valence-corrected chi connectivity index (χ1v) is 21.0. The average molecular weight is 799 g/mol. The summed E-state index contributed by atoms with van der Waals surface area (Å²) in [6.07, 6.45) is 5.77. The molecular formula is C40H47FN10O5S. The van der Waals surface area contributed by atoms with Crippen LogP contribution in [0.3, 0.4) is 0 Å². The minimum absolute atomic E-state index is 0.0577. The fourth-order valence-corrected chi connectivity index (χ4v) is 9.95. The number of halogens is 1. The molecule has 8 rings (SSSR count). The minimum atomic E-state index is -3.66. The van der Waals surface area contributed by atoms with Crippen LogP contribution in [0.1, 0.15) is 56.1 Å². The molecule has 5 aromatic rings. The van der Waals surface area contributed by atoms with Crippen molar-refractivity contribution in [2.45, 2.75) is 62.3 Å². The monoisotopic (exact) mass is 798 g/mol. The number of sulfonamides is 1. The molecule has 1 atom stereocenters. The van der Waals surface area contributed by atoms with Crippen LogP contribution in [0.4, 0.5) is 21.0 Å². The lowest BCUT2D eigenvalue weighted by Gasteiger charge is -2.34. The average Bonchev–Trinajstić information content (AvgIpc) is 3.52. The van der Waals surface area contributed by atoms with Gasteiger partial charge in [-0.25, -0.2) is 22.6 Å². The molecule has 3 saturated heterocycles. The number of imide groups is 1. The van der Waals surface area contributed by atoms with Crippen LogP contribution in [-0.2, 0) is 35.3 Å². The number of likely N-dealkylation sites (tertiary alicyclic amines) is 1. The zero-order valence-corrected chi connectivity index (χ0v) is 33.1. The second kappa shape index (κ2) is 15.6. The number of carbonyl (C=O) groups is 2. The van der Waals surface area contributed by atoms with E-state index in [1.807, 2.05) is 29.9 Å². The summed E-state index contributed by atoms with van der Waals surface area (Å²) >= 11 is 0. The molecule has 300 valence electrons. The third kappa shape index (κ3) is 7.87. The highest BCUT2D eigenvalue weighted by molar-refractivity contribution is 7.89. The predicted octanol–water partition coefficient (Wildman–Crippen LogP) is 4.12. The Morgan fingerprint density at radius 1 is 0.947 bits per heavy atom. The number of piperidine rings is 2. The van der Waals surface area contributed by atoms with Crippen molar-refractivity contribution in [1.29, 1.82) is 0 Å². The third-order valence-corrected chi connectivity index (χ3v) is 13.5. The molecule has 57 heavy (non-hydrogen) atoms. The topological polar surface area (TPSA) is 168 Å². The van der Waals surface area contributed by atoms with Crippen LogP contribution in [0, 0.1) is 11.7 Å². The summed E-state index contributed by atoms with van der Waals surface area (Å²) in [7, 11) is -0.320. The number of hydrogen-bond donors (Lipinski definition) is 2. The van der Waals surface area contributed by atoms with Crippen LogP contribution >= 0.6 is 0 Å². The number of pyridine rings is 1. The smallest absolute Gasteiger partial charge is 0.329 e. The van der Waals surface area contributed by atoms with Crippen molar-refractivity contribution >= 4 is 55.7 Å². The molecule has 0 aliphatic carbocycles. The Labute approximate surface area is 329 Å². The highest BCUT2D eigenvalue weighted by Crippen LogP contribution is 2.34. The number of hydrogen-bond acceptors (Lipinski definition) is 10.